The average molecular weight is 341 g/mol. The molecule has 0 radical (unpaired) electrons. The fourth-order valence-corrected chi connectivity index (χ4v) is 3.04. The lowest BCUT2D eigenvalue weighted by Gasteiger charge is -2.18. The summed E-state index contributed by atoms with van der Waals surface area (Å²) in [5.74, 6) is 0.652. The van der Waals surface area contributed by atoms with Gasteiger partial charge in [0.25, 0.3) is 0 Å². The van der Waals surface area contributed by atoms with Gasteiger partial charge in [-0.2, -0.15) is 0 Å². The van der Waals surface area contributed by atoms with E-state index in [0.29, 0.717) is 11.9 Å². The highest BCUT2D eigenvalue weighted by Crippen LogP contribution is 2.54. The van der Waals surface area contributed by atoms with Gasteiger partial charge in [-0.05, 0) is 59.3 Å². The first-order valence-electron chi connectivity index (χ1n) is 6.80. The van der Waals surface area contributed by atoms with E-state index < -0.39 is 5.97 Å². The van der Waals surface area contributed by atoms with E-state index in [1.807, 2.05) is 12.1 Å². The lowest BCUT2D eigenvalue weighted by atomic mass is 9.92. The number of carboxylic acids is 1. The van der Waals surface area contributed by atoms with Gasteiger partial charge < -0.3 is 14.6 Å². The summed E-state index contributed by atoms with van der Waals surface area (Å²) >= 11 is 3.53. The molecule has 5 heteroatoms. The second-order valence-corrected chi connectivity index (χ2v) is 6.51. The lowest BCUT2D eigenvalue weighted by molar-refractivity contribution is -0.137. The Kier molecular flexibility index (Phi) is 3.40. The summed E-state index contributed by atoms with van der Waals surface area (Å²) in [5, 5.41) is 9.06. The second-order valence-electron chi connectivity index (χ2n) is 5.66. The molecule has 1 N–H and O–H groups in total. The van der Waals surface area contributed by atoms with Crippen LogP contribution in [-0.2, 0) is 10.2 Å². The van der Waals surface area contributed by atoms with Gasteiger partial charge >= 0.3 is 5.97 Å². The van der Waals surface area contributed by atoms with Gasteiger partial charge in [0.2, 0.25) is 0 Å². The smallest absolute Gasteiger partial charge is 0.304 e. The summed E-state index contributed by atoms with van der Waals surface area (Å²) in [4.78, 5) is 11.0. The maximum atomic E-state index is 11.0. The number of carboxylic acid groups (broad SMARTS) is 1. The second kappa shape index (κ2) is 4.95. The maximum absolute atomic E-state index is 11.0. The molecule has 0 atom stereocenters. The molecule has 2 aliphatic carbocycles. The van der Waals surface area contributed by atoms with Gasteiger partial charge in [0.05, 0.1) is 24.1 Å². The first kappa shape index (κ1) is 13.7. The zero-order valence-corrected chi connectivity index (χ0v) is 12.9. The molecule has 0 unspecified atom stereocenters. The molecule has 0 spiro atoms. The van der Waals surface area contributed by atoms with Crippen LogP contribution in [-0.4, -0.2) is 24.3 Å². The maximum Gasteiger partial charge on any atom is 0.304 e. The van der Waals surface area contributed by atoms with Crippen LogP contribution in [0.5, 0.6) is 11.5 Å². The van der Waals surface area contributed by atoms with Crippen molar-refractivity contribution in [2.24, 2.45) is 0 Å². The Morgan fingerprint density at radius 1 is 1.45 bits per heavy atom. The van der Waals surface area contributed by atoms with Crippen LogP contribution in [0.1, 0.15) is 37.7 Å². The molecule has 1 aromatic rings. The standard InChI is InChI=1S/C15H17BrO4/c1-19-12-7-9(15(4-5-15)8-13(17)18)6-11(16)14(12)20-10-2-3-10/h6-7,10H,2-5,8H2,1H3,(H,17,18). The van der Waals surface area contributed by atoms with Crippen molar-refractivity contribution in [1.29, 1.82) is 0 Å². The molecule has 0 heterocycles. The zero-order valence-electron chi connectivity index (χ0n) is 11.3. The summed E-state index contributed by atoms with van der Waals surface area (Å²) in [6.07, 6.45) is 4.46. The fourth-order valence-electron chi connectivity index (χ4n) is 2.50. The van der Waals surface area contributed by atoms with E-state index in [1.54, 1.807) is 7.11 Å². The summed E-state index contributed by atoms with van der Waals surface area (Å²) < 4.78 is 12.1. The molecule has 4 nitrogen and oxygen atoms in total. The van der Waals surface area contributed by atoms with E-state index >= 15 is 0 Å². The van der Waals surface area contributed by atoms with Crippen molar-refractivity contribution in [3.8, 4) is 11.5 Å². The SMILES string of the molecule is COc1cc(C2(CC(=O)O)CC2)cc(Br)c1OC1CC1. The topological polar surface area (TPSA) is 55.8 Å². The number of carbonyl (C=O) groups is 1. The van der Waals surface area contributed by atoms with E-state index in [9.17, 15) is 4.79 Å². The van der Waals surface area contributed by atoms with Gasteiger partial charge in [-0.3, -0.25) is 4.79 Å². The number of hydrogen-bond acceptors (Lipinski definition) is 3. The molecule has 0 aromatic heterocycles. The van der Waals surface area contributed by atoms with Crippen LogP contribution in [0.25, 0.3) is 0 Å². The quantitative estimate of drug-likeness (QED) is 0.860. The highest BCUT2D eigenvalue weighted by molar-refractivity contribution is 9.10. The van der Waals surface area contributed by atoms with Crippen molar-refractivity contribution in [2.45, 2.75) is 43.6 Å². The fraction of sp³-hybridized carbons (Fsp3) is 0.533. The van der Waals surface area contributed by atoms with Crippen LogP contribution in [0.3, 0.4) is 0 Å². The van der Waals surface area contributed by atoms with Crippen molar-refractivity contribution >= 4 is 21.9 Å². The normalized spacial score (nSPS) is 19.5. The van der Waals surface area contributed by atoms with E-state index in [4.69, 9.17) is 14.6 Å². The number of aliphatic carboxylic acids is 1. The highest BCUT2D eigenvalue weighted by Gasteiger charge is 2.46. The van der Waals surface area contributed by atoms with Crippen molar-refractivity contribution in [2.75, 3.05) is 7.11 Å². The molecule has 0 aliphatic heterocycles. The number of hydrogen-bond donors (Lipinski definition) is 1. The van der Waals surface area contributed by atoms with Crippen molar-refractivity contribution in [3.63, 3.8) is 0 Å². The van der Waals surface area contributed by atoms with Crippen molar-refractivity contribution in [3.05, 3.63) is 22.2 Å². The minimum absolute atomic E-state index is 0.172. The van der Waals surface area contributed by atoms with Crippen LogP contribution in [0, 0.1) is 0 Å². The van der Waals surface area contributed by atoms with Crippen LogP contribution >= 0.6 is 15.9 Å². The van der Waals surface area contributed by atoms with Gasteiger partial charge in [0.15, 0.2) is 11.5 Å². The number of benzene rings is 1. The Bertz CT molecular complexity index is 547. The Morgan fingerprint density at radius 2 is 2.15 bits per heavy atom. The molecule has 0 bridgehead atoms. The molecule has 2 aliphatic rings. The number of rotatable bonds is 6. The number of halogens is 1. The van der Waals surface area contributed by atoms with Crippen LogP contribution in [0.15, 0.2) is 16.6 Å². The first-order chi connectivity index (χ1) is 9.54. The molecule has 20 heavy (non-hydrogen) atoms. The monoisotopic (exact) mass is 340 g/mol. The van der Waals surface area contributed by atoms with E-state index in [-0.39, 0.29) is 11.8 Å². The third-order valence-electron chi connectivity index (χ3n) is 3.99. The largest absolute Gasteiger partial charge is 0.493 e. The van der Waals surface area contributed by atoms with E-state index in [2.05, 4.69) is 15.9 Å². The predicted octanol–water partition coefficient (Wildman–Crippen LogP) is 3.51. The van der Waals surface area contributed by atoms with E-state index in [1.165, 1.54) is 0 Å². The van der Waals surface area contributed by atoms with Crippen LogP contribution in [0.2, 0.25) is 0 Å². The Morgan fingerprint density at radius 3 is 2.65 bits per heavy atom. The minimum Gasteiger partial charge on any atom is -0.493 e. The zero-order chi connectivity index (χ0) is 14.3. The number of methoxy groups -OCH3 is 1. The van der Waals surface area contributed by atoms with Gasteiger partial charge in [-0.15, -0.1) is 0 Å². The summed E-state index contributed by atoms with van der Waals surface area (Å²) in [6.45, 7) is 0. The van der Waals surface area contributed by atoms with E-state index in [0.717, 1.165) is 41.5 Å². The van der Waals surface area contributed by atoms with Crippen molar-refractivity contribution in [1.82, 2.24) is 0 Å². The Labute approximate surface area is 126 Å². The van der Waals surface area contributed by atoms with Crippen LogP contribution in [0.4, 0.5) is 0 Å². The van der Waals surface area contributed by atoms with Crippen LogP contribution < -0.4 is 9.47 Å². The average Bonchev–Trinajstić information content (AvgIpc) is 3.27. The van der Waals surface area contributed by atoms with Gasteiger partial charge in [-0.1, -0.05) is 0 Å². The molecule has 1 aromatic carbocycles. The third-order valence-corrected chi connectivity index (χ3v) is 4.58. The van der Waals surface area contributed by atoms with Crippen molar-refractivity contribution < 1.29 is 19.4 Å². The minimum atomic E-state index is -0.754. The predicted molar refractivity (Wildman–Crippen MR) is 77.5 cm³/mol. The molecule has 2 fully saturated rings. The third kappa shape index (κ3) is 2.64. The molecule has 0 saturated heterocycles. The van der Waals surface area contributed by atoms with Gasteiger partial charge in [0.1, 0.15) is 0 Å². The molecular formula is C15H17BrO4. The first-order valence-corrected chi connectivity index (χ1v) is 7.60. The summed E-state index contributed by atoms with van der Waals surface area (Å²) in [5.41, 5.74) is 0.798. The molecule has 2 saturated carbocycles. The Hall–Kier alpha value is -1.23. The summed E-state index contributed by atoms with van der Waals surface area (Å²) in [7, 11) is 1.61. The molecular weight excluding hydrogens is 324 g/mol. The lowest BCUT2D eigenvalue weighted by Crippen LogP contribution is -2.13. The van der Waals surface area contributed by atoms with Gasteiger partial charge in [-0.25, -0.2) is 0 Å². The number of ether oxygens (including phenoxy) is 2. The molecule has 3 rings (SSSR count). The Balaban J connectivity index is 1.93. The summed E-state index contributed by atoms with van der Waals surface area (Å²) in [6, 6.07) is 3.91. The highest BCUT2D eigenvalue weighted by atomic mass is 79.9. The molecule has 0 amide bonds. The van der Waals surface area contributed by atoms with Gasteiger partial charge in [0, 0.05) is 5.41 Å². The molecule has 108 valence electrons.